The number of sulfonamides is 1. The zero-order valence-corrected chi connectivity index (χ0v) is 23.0. The smallest absolute Gasteiger partial charge is 0.264 e. The first kappa shape index (κ1) is 28.2. The Kier molecular flexibility index (Phi) is 9.34. The second-order valence-electron chi connectivity index (χ2n) is 9.13. The number of anilines is 1. The molecule has 0 fully saturated rings. The van der Waals surface area contributed by atoms with Crippen molar-refractivity contribution < 1.29 is 18.0 Å². The fraction of sp³-hybridized carbons (Fsp3) is 0.286. The van der Waals surface area contributed by atoms with Gasteiger partial charge in [0.15, 0.2) is 0 Å². The first-order valence-corrected chi connectivity index (χ1v) is 13.8. The highest BCUT2D eigenvalue weighted by atomic mass is 35.5. The summed E-state index contributed by atoms with van der Waals surface area (Å²) in [5.41, 5.74) is 2.01. The van der Waals surface area contributed by atoms with Gasteiger partial charge in [0.2, 0.25) is 11.8 Å². The summed E-state index contributed by atoms with van der Waals surface area (Å²) in [5.74, 6) is -0.862. The summed E-state index contributed by atoms with van der Waals surface area (Å²) in [6.45, 7) is 6.85. The molecule has 3 aromatic rings. The lowest BCUT2D eigenvalue weighted by Gasteiger charge is -2.32. The molecule has 0 saturated carbocycles. The normalized spacial score (nSPS) is 12.2. The Bertz CT molecular complexity index is 1350. The number of amides is 2. The number of aryl methyl sites for hydroxylation is 1. The van der Waals surface area contributed by atoms with Gasteiger partial charge < -0.3 is 10.2 Å². The summed E-state index contributed by atoms with van der Waals surface area (Å²) in [4.78, 5) is 28.2. The van der Waals surface area contributed by atoms with Crippen LogP contribution in [0.25, 0.3) is 0 Å². The van der Waals surface area contributed by atoms with E-state index >= 15 is 0 Å². The van der Waals surface area contributed by atoms with Crippen molar-refractivity contribution >= 4 is 39.1 Å². The molecule has 37 heavy (non-hydrogen) atoms. The summed E-state index contributed by atoms with van der Waals surface area (Å²) in [5, 5.41) is 3.03. The van der Waals surface area contributed by atoms with E-state index in [-0.39, 0.29) is 34.1 Å². The fourth-order valence-electron chi connectivity index (χ4n) is 3.88. The van der Waals surface area contributed by atoms with E-state index in [1.165, 1.54) is 17.0 Å². The molecule has 0 aliphatic carbocycles. The van der Waals surface area contributed by atoms with Crippen molar-refractivity contribution in [2.45, 2.75) is 51.2 Å². The van der Waals surface area contributed by atoms with E-state index in [1.54, 1.807) is 49.4 Å². The van der Waals surface area contributed by atoms with Gasteiger partial charge in [0.1, 0.15) is 12.6 Å². The number of para-hydroxylation sites is 1. The number of nitrogens with zero attached hydrogens (tertiary/aromatic N) is 2. The summed E-state index contributed by atoms with van der Waals surface area (Å²) in [6.07, 6.45) is 0. The molecule has 0 aliphatic heterocycles. The molecule has 2 amide bonds. The topological polar surface area (TPSA) is 86.8 Å². The van der Waals surface area contributed by atoms with Crippen LogP contribution < -0.4 is 9.62 Å². The van der Waals surface area contributed by atoms with Gasteiger partial charge in [-0.3, -0.25) is 13.9 Å². The number of nitrogens with one attached hydrogen (secondary N) is 1. The molecule has 3 rings (SSSR count). The Morgan fingerprint density at radius 1 is 0.919 bits per heavy atom. The highest BCUT2D eigenvalue weighted by Gasteiger charge is 2.33. The largest absolute Gasteiger partial charge is 0.352 e. The molecule has 1 N–H and O–H groups in total. The Morgan fingerprint density at radius 3 is 2.19 bits per heavy atom. The molecule has 196 valence electrons. The molecule has 0 aliphatic rings. The van der Waals surface area contributed by atoms with Crippen LogP contribution in [0.4, 0.5) is 5.69 Å². The molecule has 7 nitrogen and oxygen atoms in total. The number of carbonyl (C=O) groups is 2. The lowest BCUT2D eigenvalue weighted by Crippen LogP contribution is -2.52. The standard InChI is InChI=1S/C28H32ClN3O4S/c1-20(2)30-28(34)22(4)31(18-23-12-10-11-21(3)17-23)27(33)19-32(26-16-9-8-15-25(26)29)37(35,36)24-13-6-5-7-14-24/h5-17,20,22H,18-19H2,1-4H3,(H,30,34)/t22-/m0/s1. The van der Waals surface area contributed by atoms with Crippen molar-refractivity contribution in [3.05, 3.63) is 95.0 Å². The average Bonchev–Trinajstić information content (AvgIpc) is 2.86. The summed E-state index contributed by atoms with van der Waals surface area (Å²) < 4.78 is 28.4. The predicted molar refractivity (Wildman–Crippen MR) is 147 cm³/mol. The maximum Gasteiger partial charge on any atom is 0.264 e. The van der Waals surface area contributed by atoms with E-state index in [0.29, 0.717) is 0 Å². The van der Waals surface area contributed by atoms with E-state index in [0.717, 1.165) is 15.4 Å². The monoisotopic (exact) mass is 541 g/mol. The maximum atomic E-state index is 13.8. The Hall–Kier alpha value is -3.36. The second-order valence-corrected chi connectivity index (χ2v) is 11.4. The van der Waals surface area contributed by atoms with Crippen LogP contribution >= 0.6 is 11.6 Å². The number of benzene rings is 3. The Labute approximate surface area is 224 Å². The third-order valence-electron chi connectivity index (χ3n) is 5.76. The minimum Gasteiger partial charge on any atom is -0.352 e. The van der Waals surface area contributed by atoms with Gasteiger partial charge in [-0.05, 0) is 57.5 Å². The zero-order chi connectivity index (χ0) is 27.2. The van der Waals surface area contributed by atoms with Crippen LogP contribution in [0.15, 0.2) is 83.8 Å². The molecule has 3 aromatic carbocycles. The highest BCUT2D eigenvalue weighted by molar-refractivity contribution is 7.92. The van der Waals surface area contributed by atoms with Gasteiger partial charge >= 0.3 is 0 Å². The molecule has 0 saturated heterocycles. The van der Waals surface area contributed by atoms with Gasteiger partial charge in [-0.2, -0.15) is 0 Å². The maximum absolute atomic E-state index is 13.8. The number of hydrogen-bond acceptors (Lipinski definition) is 4. The second kappa shape index (κ2) is 12.3. The van der Waals surface area contributed by atoms with E-state index in [4.69, 9.17) is 11.6 Å². The van der Waals surface area contributed by atoms with Crippen molar-refractivity contribution in [1.82, 2.24) is 10.2 Å². The molecule has 0 aromatic heterocycles. The number of rotatable bonds is 10. The number of halogens is 1. The highest BCUT2D eigenvalue weighted by Crippen LogP contribution is 2.30. The molecule has 0 radical (unpaired) electrons. The van der Waals surface area contributed by atoms with E-state index in [9.17, 15) is 18.0 Å². The first-order valence-electron chi connectivity index (χ1n) is 12.0. The van der Waals surface area contributed by atoms with Gasteiger partial charge in [-0.25, -0.2) is 8.42 Å². The van der Waals surface area contributed by atoms with Gasteiger partial charge in [0.25, 0.3) is 10.0 Å². The van der Waals surface area contributed by atoms with Crippen molar-refractivity contribution in [3.63, 3.8) is 0 Å². The van der Waals surface area contributed by atoms with Gasteiger partial charge in [-0.15, -0.1) is 0 Å². The van der Waals surface area contributed by atoms with Gasteiger partial charge in [0, 0.05) is 12.6 Å². The number of carbonyl (C=O) groups excluding carboxylic acids is 2. The molecule has 9 heteroatoms. The summed E-state index contributed by atoms with van der Waals surface area (Å²) in [6, 6.07) is 21.0. The molecule has 0 unspecified atom stereocenters. The van der Waals surface area contributed by atoms with Crippen molar-refractivity contribution in [1.29, 1.82) is 0 Å². The lowest BCUT2D eigenvalue weighted by molar-refractivity contribution is -0.139. The minimum atomic E-state index is -4.15. The van der Waals surface area contributed by atoms with Crippen LogP contribution in [-0.4, -0.2) is 43.8 Å². The van der Waals surface area contributed by atoms with E-state index in [1.807, 2.05) is 45.0 Å². The van der Waals surface area contributed by atoms with Crippen LogP contribution in [0.1, 0.15) is 31.9 Å². The van der Waals surface area contributed by atoms with Gasteiger partial charge in [0.05, 0.1) is 15.6 Å². The van der Waals surface area contributed by atoms with Crippen molar-refractivity contribution in [2.24, 2.45) is 0 Å². The average molecular weight is 542 g/mol. The molecule has 0 spiro atoms. The van der Waals surface area contributed by atoms with Crippen molar-refractivity contribution in [3.8, 4) is 0 Å². The minimum absolute atomic E-state index is 0.0264. The molecule has 1 atom stereocenters. The first-order chi connectivity index (χ1) is 17.5. The molecule has 0 heterocycles. The predicted octanol–water partition coefficient (Wildman–Crippen LogP) is 4.79. The Morgan fingerprint density at radius 2 is 1.57 bits per heavy atom. The third kappa shape index (κ3) is 7.11. The zero-order valence-electron chi connectivity index (χ0n) is 21.4. The van der Waals surface area contributed by atoms with Crippen LogP contribution in [0, 0.1) is 6.92 Å². The summed E-state index contributed by atoms with van der Waals surface area (Å²) >= 11 is 6.40. The van der Waals surface area contributed by atoms with Crippen LogP contribution in [0.3, 0.4) is 0 Å². The SMILES string of the molecule is Cc1cccc(CN(C(=O)CN(c2ccccc2Cl)S(=O)(=O)c2ccccc2)[C@@H](C)C(=O)NC(C)C)c1. The lowest BCUT2D eigenvalue weighted by atomic mass is 10.1. The number of hydrogen-bond donors (Lipinski definition) is 1. The quantitative estimate of drug-likeness (QED) is 0.400. The van der Waals surface area contributed by atoms with E-state index < -0.39 is 28.5 Å². The fourth-order valence-corrected chi connectivity index (χ4v) is 5.62. The van der Waals surface area contributed by atoms with Crippen LogP contribution in [-0.2, 0) is 26.2 Å². The van der Waals surface area contributed by atoms with E-state index in [2.05, 4.69) is 5.32 Å². The van der Waals surface area contributed by atoms with Crippen molar-refractivity contribution in [2.75, 3.05) is 10.8 Å². The molecular formula is C28H32ClN3O4S. The van der Waals surface area contributed by atoms with Gasteiger partial charge in [-0.1, -0.05) is 71.8 Å². The molecular weight excluding hydrogens is 510 g/mol. The Balaban J connectivity index is 2.03. The van der Waals surface area contributed by atoms with Crippen LogP contribution in [0.5, 0.6) is 0 Å². The van der Waals surface area contributed by atoms with Crippen LogP contribution in [0.2, 0.25) is 5.02 Å². The molecule has 0 bridgehead atoms. The summed E-state index contributed by atoms with van der Waals surface area (Å²) in [7, 11) is -4.15. The third-order valence-corrected chi connectivity index (χ3v) is 7.86.